The highest BCUT2D eigenvalue weighted by Crippen LogP contribution is 2.35. The van der Waals surface area contributed by atoms with E-state index in [0.717, 1.165) is 37.2 Å². The first-order chi connectivity index (χ1) is 8.24. The summed E-state index contributed by atoms with van der Waals surface area (Å²) in [6, 6.07) is 6.51. The molecule has 3 aliphatic heterocycles. The van der Waals surface area contributed by atoms with Crippen molar-refractivity contribution >= 4 is 6.08 Å². The number of aliphatic hydroxyl groups is 1. The zero-order valence-electron chi connectivity index (χ0n) is 9.64. The third-order valence-electron chi connectivity index (χ3n) is 3.82. The summed E-state index contributed by atoms with van der Waals surface area (Å²) in [7, 11) is 0. The summed E-state index contributed by atoms with van der Waals surface area (Å²) in [6.45, 7) is 2.03. The number of fused-ring (bicyclic) bond motifs is 3. The lowest BCUT2D eigenvalue weighted by Gasteiger charge is -2.45. The minimum absolute atomic E-state index is 0.232. The van der Waals surface area contributed by atoms with Gasteiger partial charge in [0.2, 0.25) is 0 Å². The Hall–Kier alpha value is -1.35. The quantitative estimate of drug-likeness (QED) is 0.804. The van der Waals surface area contributed by atoms with E-state index < -0.39 is 0 Å². The zero-order chi connectivity index (χ0) is 11.8. The first-order valence-electron chi connectivity index (χ1n) is 6.14. The van der Waals surface area contributed by atoms with E-state index in [4.69, 9.17) is 0 Å². The summed E-state index contributed by atoms with van der Waals surface area (Å²) in [5.74, 6) is 0.157. The molecule has 90 valence electrons. The van der Waals surface area contributed by atoms with Crippen LogP contribution in [0.3, 0.4) is 0 Å². The van der Waals surface area contributed by atoms with Crippen molar-refractivity contribution in [1.82, 2.24) is 4.90 Å². The second-order valence-corrected chi connectivity index (χ2v) is 4.89. The molecule has 2 bridgehead atoms. The van der Waals surface area contributed by atoms with Gasteiger partial charge in [-0.3, -0.25) is 0 Å². The molecule has 3 heteroatoms. The first-order valence-corrected chi connectivity index (χ1v) is 6.14. The van der Waals surface area contributed by atoms with Gasteiger partial charge in [0.15, 0.2) is 0 Å². The minimum Gasteiger partial charge on any atom is -0.387 e. The number of benzene rings is 1. The Balaban J connectivity index is 1.93. The van der Waals surface area contributed by atoms with Crippen LogP contribution in [0.4, 0.5) is 4.39 Å². The van der Waals surface area contributed by atoms with Gasteiger partial charge in [-0.25, -0.2) is 4.39 Å². The summed E-state index contributed by atoms with van der Waals surface area (Å²) in [5.41, 5.74) is 1.78. The molecule has 1 N–H and O–H groups in total. The molecule has 0 spiro atoms. The van der Waals surface area contributed by atoms with E-state index >= 15 is 0 Å². The Morgan fingerprint density at radius 2 is 2.06 bits per heavy atom. The Labute approximate surface area is 100 Å². The molecule has 3 aliphatic rings. The van der Waals surface area contributed by atoms with E-state index in [2.05, 4.69) is 4.90 Å². The molecule has 0 saturated carbocycles. The molecule has 0 aromatic heterocycles. The smallest absolute Gasteiger partial charge is 0.123 e. The van der Waals surface area contributed by atoms with E-state index in [1.54, 1.807) is 6.07 Å². The summed E-state index contributed by atoms with van der Waals surface area (Å²) in [4.78, 5) is 2.22. The van der Waals surface area contributed by atoms with Gasteiger partial charge in [0.05, 0.1) is 6.10 Å². The van der Waals surface area contributed by atoms with Gasteiger partial charge in [0, 0.05) is 18.8 Å². The topological polar surface area (TPSA) is 23.5 Å². The molecule has 3 fully saturated rings. The molecule has 0 amide bonds. The Morgan fingerprint density at radius 1 is 1.29 bits per heavy atom. The van der Waals surface area contributed by atoms with Crippen LogP contribution in [0.25, 0.3) is 6.08 Å². The van der Waals surface area contributed by atoms with Crippen LogP contribution in [0, 0.1) is 11.7 Å². The van der Waals surface area contributed by atoms with Crippen LogP contribution in [0.5, 0.6) is 0 Å². The lowest BCUT2D eigenvalue weighted by atomic mass is 9.83. The highest BCUT2D eigenvalue weighted by atomic mass is 19.1. The van der Waals surface area contributed by atoms with Crippen LogP contribution >= 0.6 is 0 Å². The highest BCUT2D eigenvalue weighted by molar-refractivity contribution is 5.54. The number of halogens is 1. The van der Waals surface area contributed by atoms with Gasteiger partial charge in [0.25, 0.3) is 0 Å². The number of hydrogen-bond donors (Lipinski definition) is 1. The Kier molecular flexibility index (Phi) is 2.63. The molecular formula is C14H16FNO. The normalized spacial score (nSPS) is 30.0. The van der Waals surface area contributed by atoms with E-state index in [1.165, 1.54) is 12.1 Å². The molecule has 3 saturated heterocycles. The SMILES string of the molecule is OC1/C(=C/c2cccc(F)c2)N2CCC1CC2. The van der Waals surface area contributed by atoms with Crippen molar-refractivity contribution in [2.24, 2.45) is 5.92 Å². The van der Waals surface area contributed by atoms with Crippen LogP contribution in [-0.2, 0) is 0 Å². The molecule has 2 nitrogen and oxygen atoms in total. The van der Waals surface area contributed by atoms with E-state index in [1.807, 2.05) is 12.1 Å². The zero-order valence-corrected chi connectivity index (χ0v) is 9.64. The average Bonchev–Trinajstić information content (AvgIpc) is 2.34. The Bertz CT molecular complexity index is 445. The molecule has 1 atom stereocenters. The van der Waals surface area contributed by atoms with Crippen molar-refractivity contribution in [3.8, 4) is 0 Å². The molecular weight excluding hydrogens is 217 g/mol. The van der Waals surface area contributed by atoms with Gasteiger partial charge >= 0.3 is 0 Å². The maximum Gasteiger partial charge on any atom is 0.123 e. The summed E-state index contributed by atoms with van der Waals surface area (Å²) >= 11 is 0. The van der Waals surface area contributed by atoms with Crippen LogP contribution in [0.15, 0.2) is 30.0 Å². The lowest BCUT2D eigenvalue weighted by Crippen LogP contribution is -2.48. The largest absolute Gasteiger partial charge is 0.387 e. The summed E-state index contributed by atoms with van der Waals surface area (Å²) in [6.07, 6.45) is 3.68. The van der Waals surface area contributed by atoms with Crippen molar-refractivity contribution in [3.05, 3.63) is 41.3 Å². The molecule has 4 rings (SSSR count). The van der Waals surface area contributed by atoms with Crippen molar-refractivity contribution in [1.29, 1.82) is 0 Å². The second-order valence-electron chi connectivity index (χ2n) is 4.89. The fourth-order valence-corrected chi connectivity index (χ4v) is 2.85. The summed E-state index contributed by atoms with van der Waals surface area (Å²) < 4.78 is 13.1. The number of aliphatic hydroxyl groups excluding tert-OH is 1. The van der Waals surface area contributed by atoms with E-state index in [-0.39, 0.29) is 11.9 Å². The molecule has 1 unspecified atom stereocenters. The lowest BCUT2D eigenvalue weighted by molar-refractivity contribution is 0.0215. The minimum atomic E-state index is -0.374. The van der Waals surface area contributed by atoms with Crippen molar-refractivity contribution in [2.45, 2.75) is 18.9 Å². The van der Waals surface area contributed by atoms with Crippen LogP contribution in [0.2, 0.25) is 0 Å². The maximum absolute atomic E-state index is 13.1. The highest BCUT2D eigenvalue weighted by Gasteiger charge is 2.36. The standard InChI is InChI=1S/C14H16FNO/c15-12-3-1-2-10(8-12)9-13-14(17)11-4-6-16(13)7-5-11/h1-3,8-9,11,14,17H,4-7H2/b13-9-. The van der Waals surface area contributed by atoms with Crippen molar-refractivity contribution in [3.63, 3.8) is 0 Å². The van der Waals surface area contributed by atoms with E-state index in [9.17, 15) is 9.50 Å². The van der Waals surface area contributed by atoms with Gasteiger partial charge in [-0.1, -0.05) is 12.1 Å². The van der Waals surface area contributed by atoms with Crippen LogP contribution in [-0.4, -0.2) is 29.2 Å². The van der Waals surface area contributed by atoms with Gasteiger partial charge in [-0.2, -0.15) is 0 Å². The van der Waals surface area contributed by atoms with Gasteiger partial charge < -0.3 is 10.0 Å². The summed E-state index contributed by atoms with van der Waals surface area (Å²) in [5, 5.41) is 10.2. The van der Waals surface area contributed by atoms with Gasteiger partial charge in [0.1, 0.15) is 5.82 Å². The molecule has 1 aromatic rings. The Morgan fingerprint density at radius 3 is 2.71 bits per heavy atom. The molecule has 0 aliphatic carbocycles. The van der Waals surface area contributed by atoms with Gasteiger partial charge in [-0.15, -0.1) is 0 Å². The third-order valence-corrected chi connectivity index (χ3v) is 3.82. The maximum atomic E-state index is 13.1. The third kappa shape index (κ3) is 1.95. The van der Waals surface area contributed by atoms with E-state index in [0.29, 0.717) is 5.92 Å². The second kappa shape index (κ2) is 4.15. The fraction of sp³-hybridized carbons (Fsp3) is 0.429. The number of hydrogen-bond acceptors (Lipinski definition) is 2. The predicted molar refractivity (Wildman–Crippen MR) is 64.7 cm³/mol. The fourth-order valence-electron chi connectivity index (χ4n) is 2.85. The number of nitrogens with zero attached hydrogens (tertiary/aromatic N) is 1. The number of piperidine rings is 3. The molecule has 1 aromatic carbocycles. The van der Waals surface area contributed by atoms with Crippen LogP contribution < -0.4 is 0 Å². The molecule has 3 heterocycles. The predicted octanol–water partition coefficient (Wildman–Crippen LogP) is 2.25. The van der Waals surface area contributed by atoms with Crippen LogP contribution in [0.1, 0.15) is 18.4 Å². The number of rotatable bonds is 1. The molecule has 17 heavy (non-hydrogen) atoms. The monoisotopic (exact) mass is 233 g/mol. The first kappa shape index (κ1) is 10.8. The van der Waals surface area contributed by atoms with Crippen molar-refractivity contribution < 1.29 is 9.50 Å². The molecule has 0 radical (unpaired) electrons. The van der Waals surface area contributed by atoms with Crippen molar-refractivity contribution in [2.75, 3.05) is 13.1 Å². The van der Waals surface area contributed by atoms with Gasteiger partial charge in [-0.05, 0) is 42.5 Å². The average molecular weight is 233 g/mol.